The molecule has 2 aromatic carbocycles. The summed E-state index contributed by atoms with van der Waals surface area (Å²) in [6.45, 7) is 0. The molecule has 0 aliphatic heterocycles. The summed E-state index contributed by atoms with van der Waals surface area (Å²) < 4.78 is 5.26. The van der Waals surface area contributed by atoms with Gasteiger partial charge < -0.3 is 10.5 Å². The Bertz CT molecular complexity index is 750. The van der Waals surface area contributed by atoms with Crippen molar-refractivity contribution in [3.63, 3.8) is 0 Å². The van der Waals surface area contributed by atoms with Crippen LogP contribution in [0.5, 0.6) is 5.75 Å². The van der Waals surface area contributed by atoms with Gasteiger partial charge in [0, 0.05) is 17.6 Å². The van der Waals surface area contributed by atoms with E-state index in [0.29, 0.717) is 0 Å². The third-order valence-electron chi connectivity index (χ3n) is 3.65. The topological polar surface area (TPSA) is 48.1 Å². The fraction of sp³-hybridized carbons (Fsp3) is 0.167. The summed E-state index contributed by atoms with van der Waals surface area (Å²) >= 11 is 0. The van der Waals surface area contributed by atoms with Crippen LogP contribution in [0.15, 0.2) is 60.8 Å². The Balaban J connectivity index is 1.91. The number of para-hydroxylation sites is 1. The van der Waals surface area contributed by atoms with Crippen LogP contribution < -0.4 is 10.5 Å². The van der Waals surface area contributed by atoms with E-state index in [1.165, 1.54) is 0 Å². The first-order valence-corrected chi connectivity index (χ1v) is 7.00. The predicted molar refractivity (Wildman–Crippen MR) is 85.4 cm³/mol. The van der Waals surface area contributed by atoms with Crippen molar-refractivity contribution in [2.45, 2.75) is 12.5 Å². The van der Waals surface area contributed by atoms with E-state index < -0.39 is 0 Å². The van der Waals surface area contributed by atoms with Crippen LogP contribution in [0.3, 0.4) is 0 Å². The third kappa shape index (κ3) is 2.88. The molecular formula is C18H18N2O. The van der Waals surface area contributed by atoms with Gasteiger partial charge in [-0.1, -0.05) is 36.4 Å². The maximum atomic E-state index is 6.40. The molecule has 0 radical (unpaired) electrons. The van der Waals surface area contributed by atoms with Crippen LogP contribution >= 0.6 is 0 Å². The number of hydrogen-bond acceptors (Lipinski definition) is 3. The molecule has 1 atom stereocenters. The zero-order valence-electron chi connectivity index (χ0n) is 12.0. The smallest absolute Gasteiger partial charge is 0.119 e. The number of pyridine rings is 1. The van der Waals surface area contributed by atoms with Crippen molar-refractivity contribution < 1.29 is 4.74 Å². The summed E-state index contributed by atoms with van der Waals surface area (Å²) in [5.74, 6) is 0.857. The summed E-state index contributed by atoms with van der Waals surface area (Å²) in [6.07, 6.45) is 2.57. The van der Waals surface area contributed by atoms with E-state index in [9.17, 15) is 0 Å². The van der Waals surface area contributed by atoms with Gasteiger partial charge in [0.15, 0.2) is 0 Å². The lowest BCUT2D eigenvalue weighted by Gasteiger charge is -2.14. The Hall–Kier alpha value is -2.39. The first-order valence-electron chi connectivity index (χ1n) is 7.00. The van der Waals surface area contributed by atoms with Crippen molar-refractivity contribution in [1.29, 1.82) is 0 Å². The standard InChI is InChI=1S/C18H18N2O/c1-21-15-8-2-5-13(11-15)12-17(19)16-9-3-6-14-7-4-10-20-18(14)16/h2-11,17H,12,19H2,1H3. The van der Waals surface area contributed by atoms with Gasteiger partial charge >= 0.3 is 0 Å². The first kappa shape index (κ1) is 13.6. The van der Waals surface area contributed by atoms with Crippen molar-refractivity contribution in [2.75, 3.05) is 7.11 Å². The predicted octanol–water partition coefficient (Wildman–Crippen LogP) is 3.49. The Labute approximate surface area is 124 Å². The average Bonchev–Trinajstić information content (AvgIpc) is 2.54. The molecule has 3 heteroatoms. The van der Waals surface area contributed by atoms with Crippen molar-refractivity contribution in [2.24, 2.45) is 5.73 Å². The number of aromatic nitrogens is 1. The van der Waals surface area contributed by atoms with Crippen LogP contribution in [0.4, 0.5) is 0 Å². The molecule has 21 heavy (non-hydrogen) atoms. The summed E-state index contributed by atoms with van der Waals surface area (Å²) in [5, 5.41) is 1.12. The molecule has 0 spiro atoms. The van der Waals surface area contributed by atoms with E-state index in [0.717, 1.165) is 34.2 Å². The van der Waals surface area contributed by atoms with Gasteiger partial charge in [-0.2, -0.15) is 0 Å². The minimum atomic E-state index is -0.0873. The van der Waals surface area contributed by atoms with Crippen LogP contribution in [-0.2, 0) is 6.42 Å². The maximum absolute atomic E-state index is 6.40. The number of ether oxygens (including phenoxy) is 1. The SMILES string of the molecule is COc1cccc(CC(N)c2cccc3cccnc23)c1. The van der Waals surface area contributed by atoms with E-state index in [4.69, 9.17) is 10.5 Å². The molecular weight excluding hydrogens is 260 g/mol. The number of nitrogens with two attached hydrogens (primary N) is 1. The Morgan fingerprint density at radius 1 is 1.10 bits per heavy atom. The number of rotatable bonds is 4. The zero-order chi connectivity index (χ0) is 14.7. The Morgan fingerprint density at radius 3 is 2.76 bits per heavy atom. The van der Waals surface area contributed by atoms with Crippen LogP contribution in [0.25, 0.3) is 10.9 Å². The van der Waals surface area contributed by atoms with Gasteiger partial charge in [0.25, 0.3) is 0 Å². The van der Waals surface area contributed by atoms with Crippen LogP contribution in [0.1, 0.15) is 17.2 Å². The molecule has 0 amide bonds. The van der Waals surface area contributed by atoms with Gasteiger partial charge in [0.05, 0.1) is 12.6 Å². The number of nitrogens with zero attached hydrogens (tertiary/aromatic N) is 1. The van der Waals surface area contributed by atoms with E-state index >= 15 is 0 Å². The van der Waals surface area contributed by atoms with E-state index in [2.05, 4.69) is 29.2 Å². The summed E-state index contributed by atoms with van der Waals surface area (Å²) in [6, 6.07) is 18.1. The van der Waals surface area contributed by atoms with Crippen LogP contribution in [0, 0.1) is 0 Å². The second kappa shape index (κ2) is 5.94. The average molecular weight is 278 g/mol. The molecule has 0 aliphatic carbocycles. The number of fused-ring (bicyclic) bond motifs is 1. The highest BCUT2D eigenvalue weighted by Crippen LogP contribution is 2.24. The third-order valence-corrected chi connectivity index (χ3v) is 3.65. The molecule has 3 aromatic rings. The molecule has 1 unspecified atom stereocenters. The highest BCUT2D eigenvalue weighted by atomic mass is 16.5. The van der Waals surface area contributed by atoms with E-state index in [1.54, 1.807) is 7.11 Å². The van der Waals surface area contributed by atoms with E-state index in [1.807, 2.05) is 36.5 Å². The summed E-state index contributed by atoms with van der Waals surface area (Å²) in [7, 11) is 1.67. The van der Waals surface area contributed by atoms with E-state index in [-0.39, 0.29) is 6.04 Å². The molecule has 0 bridgehead atoms. The summed E-state index contributed by atoms with van der Waals surface area (Å²) in [4.78, 5) is 4.47. The second-order valence-corrected chi connectivity index (χ2v) is 5.08. The molecule has 3 nitrogen and oxygen atoms in total. The van der Waals surface area contributed by atoms with Crippen LogP contribution in [0.2, 0.25) is 0 Å². The fourth-order valence-electron chi connectivity index (χ4n) is 2.59. The van der Waals surface area contributed by atoms with Gasteiger partial charge in [-0.3, -0.25) is 4.98 Å². The lowest BCUT2D eigenvalue weighted by Crippen LogP contribution is -2.14. The minimum absolute atomic E-state index is 0.0873. The first-order chi connectivity index (χ1) is 10.3. The molecule has 3 rings (SSSR count). The van der Waals surface area contributed by atoms with Gasteiger partial charge in [-0.05, 0) is 35.7 Å². The molecule has 0 aliphatic rings. The Kier molecular flexibility index (Phi) is 3.84. The van der Waals surface area contributed by atoms with Gasteiger partial charge in [0.1, 0.15) is 5.75 Å². The molecule has 0 saturated heterocycles. The lowest BCUT2D eigenvalue weighted by atomic mass is 9.97. The number of hydrogen-bond donors (Lipinski definition) is 1. The normalized spacial score (nSPS) is 12.3. The minimum Gasteiger partial charge on any atom is -0.497 e. The molecule has 2 N–H and O–H groups in total. The molecule has 106 valence electrons. The monoisotopic (exact) mass is 278 g/mol. The number of benzene rings is 2. The molecule has 1 heterocycles. The fourth-order valence-corrected chi connectivity index (χ4v) is 2.59. The highest BCUT2D eigenvalue weighted by Gasteiger charge is 2.11. The maximum Gasteiger partial charge on any atom is 0.119 e. The number of methoxy groups -OCH3 is 1. The highest BCUT2D eigenvalue weighted by molar-refractivity contribution is 5.82. The van der Waals surface area contributed by atoms with Crippen LogP contribution in [-0.4, -0.2) is 12.1 Å². The Morgan fingerprint density at radius 2 is 1.90 bits per heavy atom. The molecule has 0 saturated carbocycles. The van der Waals surface area contributed by atoms with Gasteiger partial charge in [0.2, 0.25) is 0 Å². The molecule has 0 fully saturated rings. The lowest BCUT2D eigenvalue weighted by molar-refractivity contribution is 0.414. The van der Waals surface area contributed by atoms with Crippen molar-refractivity contribution in [3.8, 4) is 5.75 Å². The van der Waals surface area contributed by atoms with Gasteiger partial charge in [-0.15, -0.1) is 0 Å². The zero-order valence-corrected chi connectivity index (χ0v) is 12.0. The summed E-state index contributed by atoms with van der Waals surface area (Å²) in [5.41, 5.74) is 9.63. The largest absolute Gasteiger partial charge is 0.497 e. The van der Waals surface area contributed by atoms with Crippen molar-refractivity contribution in [3.05, 3.63) is 71.9 Å². The quantitative estimate of drug-likeness (QED) is 0.794. The molecule has 1 aromatic heterocycles. The van der Waals surface area contributed by atoms with Gasteiger partial charge in [-0.25, -0.2) is 0 Å². The van der Waals surface area contributed by atoms with Crippen molar-refractivity contribution >= 4 is 10.9 Å². The second-order valence-electron chi connectivity index (χ2n) is 5.08. The van der Waals surface area contributed by atoms with Crippen molar-refractivity contribution in [1.82, 2.24) is 4.98 Å².